The normalized spacial score (nSPS) is 10.2. The van der Waals surface area contributed by atoms with Gasteiger partial charge in [-0.15, -0.1) is 10.2 Å². The maximum Gasteiger partial charge on any atom is 0.205 e. The number of nitrogens with one attached hydrogen (secondary N) is 3. The molecule has 0 aliphatic heterocycles. The van der Waals surface area contributed by atoms with Gasteiger partial charge in [-0.1, -0.05) is 29.5 Å². The topological polar surface area (TPSA) is 61.9 Å². The van der Waals surface area contributed by atoms with Gasteiger partial charge in [-0.05, 0) is 55.5 Å². The standard InChI is InChI=1S/C17H17N5S2/c1-2-18-17-22-21-15(24-17)12-8-10-14(11-9-12)20-16(23)19-13-6-4-3-5-7-13/h3-11H,2H2,1H3,(H,18,22)(H2,19,20,23). The highest BCUT2D eigenvalue weighted by atomic mass is 32.1. The van der Waals surface area contributed by atoms with Gasteiger partial charge in [-0.3, -0.25) is 0 Å². The van der Waals surface area contributed by atoms with Crippen LogP contribution in [0.25, 0.3) is 10.6 Å². The summed E-state index contributed by atoms with van der Waals surface area (Å²) in [7, 11) is 0. The molecule has 122 valence electrons. The fourth-order valence-corrected chi connectivity index (χ4v) is 3.13. The molecule has 2 aromatic carbocycles. The predicted molar refractivity (Wildman–Crippen MR) is 106 cm³/mol. The lowest BCUT2D eigenvalue weighted by Crippen LogP contribution is -2.18. The molecule has 24 heavy (non-hydrogen) atoms. The van der Waals surface area contributed by atoms with Crippen molar-refractivity contribution in [2.75, 3.05) is 22.5 Å². The summed E-state index contributed by atoms with van der Waals surface area (Å²) >= 11 is 6.87. The molecule has 3 rings (SSSR count). The maximum atomic E-state index is 5.33. The fourth-order valence-electron chi connectivity index (χ4n) is 2.07. The molecule has 1 heterocycles. The number of nitrogens with zero attached hydrogens (tertiary/aromatic N) is 2. The number of aromatic nitrogens is 2. The zero-order valence-electron chi connectivity index (χ0n) is 13.1. The Morgan fingerprint density at radius 3 is 2.29 bits per heavy atom. The van der Waals surface area contributed by atoms with Crippen LogP contribution < -0.4 is 16.0 Å². The van der Waals surface area contributed by atoms with Crippen LogP contribution in [-0.4, -0.2) is 21.9 Å². The molecule has 0 spiro atoms. The minimum atomic E-state index is 0.555. The highest BCUT2D eigenvalue weighted by Gasteiger charge is 2.06. The molecule has 3 aromatic rings. The number of hydrogen-bond acceptors (Lipinski definition) is 5. The molecule has 7 heteroatoms. The van der Waals surface area contributed by atoms with Crippen LogP contribution in [0.2, 0.25) is 0 Å². The Morgan fingerprint density at radius 2 is 1.62 bits per heavy atom. The molecule has 0 aliphatic rings. The summed E-state index contributed by atoms with van der Waals surface area (Å²) in [6.45, 7) is 2.87. The number of hydrogen-bond donors (Lipinski definition) is 3. The van der Waals surface area contributed by atoms with Crippen molar-refractivity contribution in [1.82, 2.24) is 10.2 Å². The molecule has 1 aromatic heterocycles. The minimum Gasteiger partial charge on any atom is -0.360 e. The zero-order chi connectivity index (χ0) is 16.8. The van der Waals surface area contributed by atoms with Gasteiger partial charge in [-0.2, -0.15) is 0 Å². The number of thiocarbonyl (C=S) groups is 1. The van der Waals surface area contributed by atoms with E-state index in [1.54, 1.807) is 11.3 Å². The first-order valence-electron chi connectivity index (χ1n) is 7.55. The van der Waals surface area contributed by atoms with Crippen LogP contribution >= 0.6 is 23.6 Å². The molecule has 0 unspecified atom stereocenters. The van der Waals surface area contributed by atoms with Gasteiger partial charge in [0.15, 0.2) is 5.11 Å². The van der Waals surface area contributed by atoms with Crippen LogP contribution in [-0.2, 0) is 0 Å². The Balaban J connectivity index is 1.62. The van der Waals surface area contributed by atoms with Gasteiger partial charge in [-0.25, -0.2) is 0 Å². The summed E-state index contributed by atoms with van der Waals surface area (Å²) in [5, 5.41) is 20.1. The monoisotopic (exact) mass is 355 g/mol. The van der Waals surface area contributed by atoms with E-state index < -0.39 is 0 Å². The van der Waals surface area contributed by atoms with Crippen LogP contribution in [0, 0.1) is 0 Å². The van der Waals surface area contributed by atoms with Crippen molar-refractivity contribution in [1.29, 1.82) is 0 Å². The molecule has 0 bridgehead atoms. The van der Waals surface area contributed by atoms with E-state index in [1.165, 1.54) is 0 Å². The van der Waals surface area contributed by atoms with Crippen molar-refractivity contribution in [2.45, 2.75) is 6.92 Å². The molecule has 0 atom stereocenters. The van der Waals surface area contributed by atoms with E-state index in [4.69, 9.17) is 12.2 Å². The molecule has 5 nitrogen and oxygen atoms in total. The summed E-state index contributed by atoms with van der Waals surface area (Å²) in [6.07, 6.45) is 0. The second-order valence-corrected chi connectivity index (χ2v) is 6.35. The van der Waals surface area contributed by atoms with Crippen LogP contribution in [0.15, 0.2) is 54.6 Å². The van der Waals surface area contributed by atoms with Gasteiger partial charge >= 0.3 is 0 Å². The van der Waals surface area contributed by atoms with Crippen molar-refractivity contribution in [3.8, 4) is 10.6 Å². The Bertz CT molecular complexity index is 799. The van der Waals surface area contributed by atoms with E-state index >= 15 is 0 Å². The second-order valence-electron chi connectivity index (χ2n) is 4.97. The minimum absolute atomic E-state index is 0.555. The van der Waals surface area contributed by atoms with Crippen LogP contribution in [0.1, 0.15) is 6.92 Å². The number of benzene rings is 2. The average Bonchev–Trinajstić information content (AvgIpc) is 3.05. The van der Waals surface area contributed by atoms with E-state index in [0.29, 0.717) is 5.11 Å². The van der Waals surface area contributed by atoms with Crippen LogP contribution in [0.3, 0.4) is 0 Å². The van der Waals surface area contributed by atoms with Gasteiger partial charge in [0.1, 0.15) is 5.01 Å². The van der Waals surface area contributed by atoms with Crippen molar-refractivity contribution >= 4 is 45.2 Å². The van der Waals surface area contributed by atoms with E-state index in [9.17, 15) is 0 Å². The molecular formula is C17H17N5S2. The van der Waals surface area contributed by atoms with Crippen molar-refractivity contribution in [2.24, 2.45) is 0 Å². The quantitative estimate of drug-likeness (QED) is 0.588. The van der Waals surface area contributed by atoms with Crippen molar-refractivity contribution in [3.05, 3.63) is 54.6 Å². The Morgan fingerprint density at radius 1 is 0.958 bits per heavy atom. The first kappa shape index (κ1) is 16.4. The number of rotatable bonds is 5. The number of para-hydroxylation sites is 1. The summed E-state index contributed by atoms with van der Waals surface area (Å²) in [4.78, 5) is 0. The smallest absolute Gasteiger partial charge is 0.205 e. The van der Waals surface area contributed by atoms with Gasteiger partial charge in [0.25, 0.3) is 0 Å². The molecular weight excluding hydrogens is 338 g/mol. The third-order valence-electron chi connectivity index (χ3n) is 3.17. The largest absolute Gasteiger partial charge is 0.360 e. The van der Waals surface area contributed by atoms with Gasteiger partial charge < -0.3 is 16.0 Å². The SMILES string of the molecule is CCNc1nnc(-c2ccc(NC(=S)Nc3ccccc3)cc2)s1. The van der Waals surface area contributed by atoms with E-state index in [1.807, 2.05) is 61.5 Å². The van der Waals surface area contributed by atoms with Gasteiger partial charge in [0, 0.05) is 23.5 Å². The van der Waals surface area contributed by atoms with Crippen LogP contribution in [0.5, 0.6) is 0 Å². The summed E-state index contributed by atoms with van der Waals surface area (Å²) in [6, 6.07) is 17.8. The molecule has 0 aliphatic carbocycles. The van der Waals surface area contributed by atoms with Crippen LogP contribution in [0.4, 0.5) is 16.5 Å². The molecule has 0 saturated heterocycles. The lowest BCUT2D eigenvalue weighted by Gasteiger charge is -2.10. The number of anilines is 3. The predicted octanol–water partition coefficient (Wildman–Crippen LogP) is 4.45. The average molecular weight is 355 g/mol. The Hall–Kier alpha value is -2.51. The van der Waals surface area contributed by atoms with E-state index in [0.717, 1.165) is 33.6 Å². The van der Waals surface area contributed by atoms with E-state index in [2.05, 4.69) is 26.1 Å². The Kier molecular flexibility index (Phi) is 5.35. The summed E-state index contributed by atoms with van der Waals surface area (Å²) in [5.41, 5.74) is 2.91. The molecule has 3 N–H and O–H groups in total. The molecule has 0 amide bonds. The lowest BCUT2D eigenvalue weighted by molar-refractivity contribution is 1.07. The van der Waals surface area contributed by atoms with E-state index in [-0.39, 0.29) is 0 Å². The lowest BCUT2D eigenvalue weighted by atomic mass is 10.2. The third kappa shape index (κ3) is 4.27. The molecule has 0 radical (unpaired) electrons. The van der Waals surface area contributed by atoms with Gasteiger partial charge in [0.2, 0.25) is 5.13 Å². The first-order chi connectivity index (χ1) is 11.7. The third-order valence-corrected chi connectivity index (χ3v) is 4.31. The molecule has 0 saturated carbocycles. The van der Waals surface area contributed by atoms with Crippen molar-refractivity contribution < 1.29 is 0 Å². The van der Waals surface area contributed by atoms with Gasteiger partial charge in [0.05, 0.1) is 0 Å². The first-order valence-corrected chi connectivity index (χ1v) is 8.78. The highest BCUT2D eigenvalue weighted by molar-refractivity contribution is 7.80. The van der Waals surface area contributed by atoms with Crippen molar-refractivity contribution in [3.63, 3.8) is 0 Å². The molecule has 0 fully saturated rings. The highest BCUT2D eigenvalue weighted by Crippen LogP contribution is 2.27. The maximum absolute atomic E-state index is 5.33. The zero-order valence-corrected chi connectivity index (χ0v) is 14.7. The summed E-state index contributed by atoms with van der Waals surface area (Å²) < 4.78 is 0. The second kappa shape index (κ2) is 7.85. The summed E-state index contributed by atoms with van der Waals surface area (Å²) in [5.74, 6) is 0. The Labute approximate surface area is 150 Å². The fraction of sp³-hybridized carbons (Fsp3) is 0.118.